The standard InChI is InChI=1S/C11H8Cl2FN3/c12-9-1-8(14)2-10(13)11(9)17-5-7-3-15-6-16-4-7/h1-4,6,17H,5H2. The monoisotopic (exact) mass is 271 g/mol. The van der Waals surface area contributed by atoms with E-state index in [1.165, 1.54) is 18.5 Å². The van der Waals surface area contributed by atoms with Crippen molar-refractivity contribution in [3.8, 4) is 0 Å². The highest BCUT2D eigenvalue weighted by Crippen LogP contribution is 2.31. The van der Waals surface area contributed by atoms with Crippen LogP contribution in [-0.2, 0) is 6.54 Å². The summed E-state index contributed by atoms with van der Waals surface area (Å²) in [7, 11) is 0. The van der Waals surface area contributed by atoms with E-state index in [2.05, 4.69) is 15.3 Å². The van der Waals surface area contributed by atoms with Crippen molar-refractivity contribution in [2.75, 3.05) is 5.32 Å². The quantitative estimate of drug-likeness (QED) is 0.928. The average molecular weight is 272 g/mol. The molecule has 3 nitrogen and oxygen atoms in total. The average Bonchev–Trinajstić information content (AvgIpc) is 2.29. The first-order valence-electron chi connectivity index (χ1n) is 4.79. The SMILES string of the molecule is Fc1cc(Cl)c(NCc2cncnc2)c(Cl)c1. The molecule has 0 aliphatic rings. The Kier molecular flexibility index (Phi) is 3.76. The number of hydrogen-bond acceptors (Lipinski definition) is 3. The van der Waals surface area contributed by atoms with E-state index >= 15 is 0 Å². The minimum Gasteiger partial charge on any atom is -0.378 e. The summed E-state index contributed by atoms with van der Waals surface area (Å²) < 4.78 is 13.0. The van der Waals surface area contributed by atoms with Gasteiger partial charge < -0.3 is 5.32 Å². The van der Waals surface area contributed by atoms with E-state index in [1.807, 2.05) is 0 Å². The van der Waals surface area contributed by atoms with Gasteiger partial charge in [-0.2, -0.15) is 0 Å². The van der Waals surface area contributed by atoms with Crippen LogP contribution >= 0.6 is 23.2 Å². The van der Waals surface area contributed by atoms with Crippen molar-refractivity contribution < 1.29 is 4.39 Å². The smallest absolute Gasteiger partial charge is 0.126 e. The second kappa shape index (κ2) is 5.29. The van der Waals surface area contributed by atoms with Gasteiger partial charge >= 0.3 is 0 Å². The Balaban J connectivity index is 2.15. The first-order chi connectivity index (χ1) is 8.16. The largest absolute Gasteiger partial charge is 0.378 e. The van der Waals surface area contributed by atoms with Gasteiger partial charge in [0.15, 0.2) is 0 Å². The summed E-state index contributed by atoms with van der Waals surface area (Å²) in [5, 5.41) is 3.50. The fourth-order valence-corrected chi connectivity index (χ4v) is 1.92. The zero-order chi connectivity index (χ0) is 12.3. The molecule has 0 aliphatic carbocycles. The maximum absolute atomic E-state index is 13.0. The third kappa shape index (κ3) is 3.05. The summed E-state index contributed by atoms with van der Waals surface area (Å²) in [4.78, 5) is 7.76. The molecule has 6 heteroatoms. The lowest BCUT2D eigenvalue weighted by atomic mass is 10.3. The number of benzene rings is 1. The summed E-state index contributed by atoms with van der Waals surface area (Å²) in [6, 6.07) is 2.41. The van der Waals surface area contributed by atoms with Crippen LogP contribution in [0.5, 0.6) is 0 Å². The van der Waals surface area contributed by atoms with Crippen LogP contribution in [-0.4, -0.2) is 9.97 Å². The van der Waals surface area contributed by atoms with Crippen LogP contribution in [0, 0.1) is 5.82 Å². The number of hydrogen-bond donors (Lipinski definition) is 1. The molecule has 1 aromatic carbocycles. The van der Waals surface area contributed by atoms with Gasteiger partial charge in [-0.25, -0.2) is 14.4 Å². The predicted octanol–water partition coefficient (Wildman–Crippen LogP) is 3.53. The lowest BCUT2D eigenvalue weighted by molar-refractivity contribution is 0.628. The van der Waals surface area contributed by atoms with Crippen molar-refractivity contribution in [2.24, 2.45) is 0 Å². The van der Waals surface area contributed by atoms with E-state index in [1.54, 1.807) is 12.4 Å². The van der Waals surface area contributed by atoms with Crippen molar-refractivity contribution in [2.45, 2.75) is 6.54 Å². The van der Waals surface area contributed by atoms with Crippen LogP contribution < -0.4 is 5.32 Å². The fraction of sp³-hybridized carbons (Fsp3) is 0.0909. The molecule has 1 N–H and O–H groups in total. The van der Waals surface area contributed by atoms with Gasteiger partial charge in [-0.3, -0.25) is 0 Å². The van der Waals surface area contributed by atoms with Crippen LogP contribution in [0.3, 0.4) is 0 Å². The van der Waals surface area contributed by atoms with Crippen LogP contribution in [0.4, 0.5) is 10.1 Å². The summed E-state index contributed by atoms with van der Waals surface area (Å²) in [5.41, 5.74) is 1.38. The van der Waals surface area contributed by atoms with E-state index < -0.39 is 5.82 Å². The van der Waals surface area contributed by atoms with Crippen LogP contribution in [0.1, 0.15) is 5.56 Å². The summed E-state index contributed by atoms with van der Waals surface area (Å²) >= 11 is 11.8. The topological polar surface area (TPSA) is 37.8 Å². The molecule has 0 unspecified atom stereocenters. The Morgan fingerprint density at radius 3 is 2.29 bits per heavy atom. The molecule has 1 heterocycles. The summed E-state index contributed by atoms with van der Waals surface area (Å²) in [6.07, 6.45) is 4.79. The lowest BCUT2D eigenvalue weighted by Crippen LogP contribution is -2.01. The van der Waals surface area contributed by atoms with Gasteiger partial charge in [-0.1, -0.05) is 23.2 Å². The summed E-state index contributed by atoms with van der Waals surface area (Å²) in [6.45, 7) is 0.464. The number of aromatic nitrogens is 2. The highest BCUT2D eigenvalue weighted by atomic mass is 35.5. The van der Waals surface area contributed by atoms with Crippen molar-refractivity contribution >= 4 is 28.9 Å². The Bertz CT molecular complexity index is 496. The van der Waals surface area contributed by atoms with E-state index in [-0.39, 0.29) is 10.0 Å². The van der Waals surface area contributed by atoms with Gasteiger partial charge in [0.2, 0.25) is 0 Å². The van der Waals surface area contributed by atoms with Gasteiger partial charge in [-0.05, 0) is 12.1 Å². The molecule has 0 saturated heterocycles. The van der Waals surface area contributed by atoms with Crippen molar-refractivity contribution in [1.82, 2.24) is 9.97 Å². The van der Waals surface area contributed by atoms with E-state index in [9.17, 15) is 4.39 Å². The van der Waals surface area contributed by atoms with Crippen LogP contribution in [0.2, 0.25) is 10.0 Å². The molecule has 0 aliphatic heterocycles. The van der Waals surface area contributed by atoms with Crippen LogP contribution in [0.25, 0.3) is 0 Å². The molecule has 0 atom stereocenters. The Morgan fingerprint density at radius 1 is 1.12 bits per heavy atom. The van der Waals surface area contributed by atoms with Gasteiger partial charge in [0.25, 0.3) is 0 Å². The predicted molar refractivity (Wildman–Crippen MR) is 65.8 cm³/mol. The fourth-order valence-electron chi connectivity index (χ4n) is 1.32. The van der Waals surface area contributed by atoms with E-state index in [4.69, 9.17) is 23.2 Å². The van der Waals surface area contributed by atoms with Crippen molar-refractivity contribution in [1.29, 1.82) is 0 Å². The number of halogens is 3. The third-order valence-electron chi connectivity index (χ3n) is 2.09. The van der Waals surface area contributed by atoms with E-state index in [0.29, 0.717) is 12.2 Å². The van der Waals surface area contributed by atoms with Crippen LogP contribution in [0.15, 0.2) is 30.9 Å². The maximum atomic E-state index is 13.0. The Labute approximate surface area is 108 Å². The Morgan fingerprint density at radius 2 is 1.71 bits per heavy atom. The molecule has 17 heavy (non-hydrogen) atoms. The number of nitrogens with zero attached hydrogens (tertiary/aromatic N) is 2. The number of nitrogens with one attached hydrogen (secondary N) is 1. The molecular weight excluding hydrogens is 264 g/mol. The minimum absolute atomic E-state index is 0.242. The Hall–Kier alpha value is -1.39. The van der Waals surface area contributed by atoms with Gasteiger partial charge in [0, 0.05) is 24.5 Å². The zero-order valence-electron chi connectivity index (χ0n) is 8.62. The highest BCUT2D eigenvalue weighted by molar-refractivity contribution is 6.39. The molecule has 0 radical (unpaired) electrons. The normalized spacial score (nSPS) is 10.3. The minimum atomic E-state index is -0.464. The molecule has 0 fully saturated rings. The van der Waals surface area contributed by atoms with E-state index in [0.717, 1.165) is 5.56 Å². The molecule has 0 spiro atoms. The number of rotatable bonds is 3. The molecule has 0 saturated carbocycles. The maximum Gasteiger partial charge on any atom is 0.126 e. The second-order valence-electron chi connectivity index (χ2n) is 3.34. The van der Waals surface area contributed by atoms with Gasteiger partial charge in [0.1, 0.15) is 12.1 Å². The molecule has 2 aromatic rings. The molecule has 1 aromatic heterocycles. The molecule has 88 valence electrons. The highest BCUT2D eigenvalue weighted by Gasteiger charge is 2.08. The molecular formula is C11H8Cl2FN3. The summed E-state index contributed by atoms with van der Waals surface area (Å²) in [5.74, 6) is -0.464. The first kappa shape index (κ1) is 12.1. The van der Waals surface area contributed by atoms with Gasteiger partial charge in [-0.15, -0.1) is 0 Å². The first-order valence-corrected chi connectivity index (χ1v) is 5.54. The van der Waals surface area contributed by atoms with Crippen molar-refractivity contribution in [3.63, 3.8) is 0 Å². The third-order valence-corrected chi connectivity index (χ3v) is 2.69. The second-order valence-corrected chi connectivity index (χ2v) is 4.16. The number of anilines is 1. The van der Waals surface area contributed by atoms with Crippen molar-refractivity contribution in [3.05, 3.63) is 52.3 Å². The van der Waals surface area contributed by atoms with Gasteiger partial charge in [0.05, 0.1) is 15.7 Å². The molecule has 0 amide bonds. The molecule has 0 bridgehead atoms. The molecule has 2 rings (SSSR count). The lowest BCUT2D eigenvalue weighted by Gasteiger charge is -2.10. The zero-order valence-corrected chi connectivity index (χ0v) is 10.1.